The lowest BCUT2D eigenvalue weighted by atomic mass is 10.2. The zero-order valence-corrected chi connectivity index (χ0v) is 18.8. The highest BCUT2D eigenvalue weighted by atomic mass is 32.2. The summed E-state index contributed by atoms with van der Waals surface area (Å²) in [7, 11) is -1.74. The molecule has 3 aromatic carbocycles. The van der Waals surface area contributed by atoms with Crippen molar-refractivity contribution in [2.45, 2.75) is 4.90 Å². The summed E-state index contributed by atoms with van der Waals surface area (Å²) in [5.41, 5.74) is 2.45. The molecule has 0 aromatic heterocycles. The molecule has 0 aliphatic carbocycles. The van der Waals surface area contributed by atoms with Crippen molar-refractivity contribution >= 4 is 27.9 Å². The molecular weight excluding hydrogens is 466 g/mol. The van der Waals surface area contributed by atoms with Gasteiger partial charge in [0.25, 0.3) is 11.6 Å². The average molecular weight is 485 g/mol. The second-order valence-electron chi connectivity index (χ2n) is 6.60. The number of methoxy groups -OCH3 is 2. The van der Waals surface area contributed by atoms with Crippen LogP contribution in [0.2, 0.25) is 0 Å². The standard InChI is InChI=1S/C22H19N3O8S/c1-31-17-10-8-16(9-11-17)22(26)24-23-14-15-7-12-19(32-2)20(13-15)33-34(29,30)21-6-4-3-5-18(21)25(27)28/h3-14H,1-2H3,(H,24,26)/b23-14-. The first-order valence-electron chi connectivity index (χ1n) is 9.58. The molecule has 12 heteroatoms. The first-order chi connectivity index (χ1) is 16.2. The molecule has 0 aliphatic heterocycles. The second-order valence-corrected chi connectivity index (χ2v) is 8.11. The molecule has 0 spiro atoms. The number of nitrogens with one attached hydrogen (secondary N) is 1. The predicted octanol–water partition coefficient (Wildman–Crippen LogP) is 3.14. The third-order valence-electron chi connectivity index (χ3n) is 4.45. The van der Waals surface area contributed by atoms with Gasteiger partial charge in [0.2, 0.25) is 0 Å². The molecule has 0 aliphatic rings. The van der Waals surface area contributed by atoms with Gasteiger partial charge in [-0.2, -0.15) is 13.5 Å². The van der Waals surface area contributed by atoms with Gasteiger partial charge in [0.1, 0.15) is 5.75 Å². The summed E-state index contributed by atoms with van der Waals surface area (Å²) in [4.78, 5) is 22.0. The molecule has 3 rings (SSSR count). The molecular formula is C22H19N3O8S. The summed E-state index contributed by atoms with van der Waals surface area (Å²) < 4.78 is 40.8. The SMILES string of the molecule is COc1ccc(C(=O)N/N=C\c2ccc(OC)c(OS(=O)(=O)c3ccccc3[N+](=O)[O-])c2)cc1. The van der Waals surface area contributed by atoms with Crippen molar-refractivity contribution in [2.75, 3.05) is 14.2 Å². The Morgan fingerprint density at radius 1 is 1.00 bits per heavy atom. The Balaban J connectivity index is 1.80. The summed E-state index contributed by atoms with van der Waals surface area (Å²) in [6.45, 7) is 0. The van der Waals surface area contributed by atoms with Crippen molar-refractivity contribution in [3.8, 4) is 17.2 Å². The fourth-order valence-corrected chi connectivity index (χ4v) is 3.89. The molecule has 11 nitrogen and oxygen atoms in total. The quantitative estimate of drug-likeness (QED) is 0.210. The van der Waals surface area contributed by atoms with Gasteiger partial charge in [0, 0.05) is 11.6 Å². The van der Waals surface area contributed by atoms with Gasteiger partial charge in [-0.05, 0) is 54.1 Å². The Hall–Kier alpha value is -4.45. The molecule has 0 radical (unpaired) electrons. The summed E-state index contributed by atoms with van der Waals surface area (Å²) >= 11 is 0. The van der Waals surface area contributed by atoms with E-state index in [1.54, 1.807) is 30.3 Å². The van der Waals surface area contributed by atoms with Gasteiger partial charge in [0.05, 0.1) is 25.4 Å². The number of hydrogen-bond acceptors (Lipinski definition) is 9. The number of ether oxygens (including phenoxy) is 2. The van der Waals surface area contributed by atoms with Crippen LogP contribution in [0.4, 0.5) is 5.69 Å². The van der Waals surface area contributed by atoms with Crippen LogP contribution >= 0.6 is 0 Å². The molecule has 0 saturated heterocycles. The van der Waals surface area contributed by atoms with Crippen LogP contribution in [0.1, 0.15) is 15.9 Å². The topological polar surface area (TPSA) is 146 Å². The van der Waals surface area contributed by atoms with Crippen molar-refractivity contribution in [1.29, 1.82) is 0 Å². The normalized spacial score (nSPS) is 11.1. The van der Waals surface area contributed by atoms with Gasteiger partial charge in [0.15, 0.2) is 16.4 Å². The highest BCUT2D eigenvalue weighted by Gasteiger charge is 2.28. The lowest BCUT2D eigenvalue weighted by Crippen LogP contribution is -2.17. The van der Waals surface area contributed by atoms with Crippen molar-refractivity contribution in [1.82, 2.24) is 5.43 Å². The lowest BCUT2D eigenvalue weighted by molar-refractivity contribution is -0.387. The summed E-state index contributed by atoms with van der Waals surface area (Å²) in [5, 5.41) is 15.1. The van der Waals surface area contributed by atoms with Crippen LogP contribution in [0, 0.1) is 10.1 Å². The molecule has 0 heterocycles. The van der Waals surface area contributed by atoms with E-state index in [1.807, 2.05) is 0 Å². The first-order valence-corrected chi connectivity index (χ1v) is 11.0. The molecule has 0 unspecified atom stereocenters. The largest absolute Gasteiger partial charge is 0.497 e. The maximum Gasteiger partial charge on any atom is 0.346 e. The molecule has 0 bridgehead atoms. The molecule has 176 valence electrons. The van der Waals surface area contributed by atoms with Gasteiger partial charge in [-0.1, -0.05) is 12.1 Å². The second kappa shape index (κ2) is 10.4. The van der Waals surface area contributed by atoms with Gasteiger partial charge in [-0.3, -0.25) is 14.9 Å². The number of carbonyl (C=O) groups excluding carboxylic acids is 1. The van der Waals surface area contributed by atoms with Gasteiger partial charge < -0.3 is 13.7 Å². The minimum absolute atomic E-state index is 0.0709. The zero-order chi connectivity index (χ0) is 24.7. The van der Waals surface area contributed by atoms with E-state index < -0.39 is 31.5 Å². The maximum absolute atomic E-state index is 12.7. The van der Waals surface area contributed by atoms with Crippen LogP contribution in [0.3, 0.4) is 0 Å². The highest BCUT2D eigenvalue weighted by Crippen LogP contribution is 2.32. The Kier molecular flexibility index (Phi) is 7.43. The van der Waals surface area contributed by atoms with Crippen molar-refractivity contribution in [3.63, 3.8) is 0 Å². The number of nitro groups is 1. The molecule has 0 fully saturated rings. The minimum Gasteiger partial charge on any atom is -0.497 e. The number of hydrazone groups is 1. The van der Waals surface area contributed by atoms with E-state index in [4.69, 9.17) is 13.7 Å². The van der Waals surface area contributed by atoms with E-state index in [-0.39, 0.29) is 11.5 Å². The molecule has 3 aromatic rings. The van der Waals surface area contributed by atoms with Crippen LogP contribution in [0.25, 0.3) is 0 Å². The third-order valence-corrected chi connectivity index (χ3v) is 5.73. The smallest absolute Gasteiger partial charge is 0.346 e. The van der Waals surface area contributed by atoms with Crippen LogP contribution in [-0.2, 0) is 10.1 Å². The Morgan fingerprint density at radius 2 is 1.71 bits per heavy atom. The predicted molar refractivity (Wildman–Crippen MR) is 122 cm³/mol. The molecule has 0 saturated carbocycles. The summed E-state index contributed by atoms with van der Waals surface area (Å²) in [6, 6.07) is 15.5. The number of amides is 1. The number of nitro benzene ring substituents is 1. The fourth-order valence-electron chi connectivity index (χ4n) is 2.79. The Morgan fingerprint density at radius 3 is 2.35 bits per heavy atom. The summed E-state index contributed by atoms with van der Waals surface area (Å²) in [5.74, 6) is -0.0166. The van der Waals surface area contributed by atoms with Gasteiger partial charge >= 0.3 is 10.1 Å². The van der Waals surface area contributed by atoms with Crippen molar-refractivity contribution in [2.24, 2.45) is 5.10 Å². The number of hydrogen-bond donors (Lipinski definition) is 1. The van der Waals surface area contributed by atoms with Crippen molar-refractivity contribution < 1.29 is 31.8 Å². The van der Waals surface area contributed by atoms with E-state index in [2.05, 4.69) is 10.5 Å². The van der Waals surface area contributed by atoms with E-state index in [0.29, 0.717) is 16.9 Å². The Labute approximate surface area is 194 Å². The average Bonchev–Trinajstić information content (AvgIpc) is 2.84. The molecule has 34 heavy (non-hydrogen) atoms. The van der Waals surface area contributed by atoms with Crippen molar-refractivity contribution in [3.05, 3.63) is 88.0 Å². The van der Waals surface area contributed by atoms with E-state index >= 15 is 0 Å². The van der Waals surface area contributed by atoms with Crippen LogP contribution < -0.4 is 19.1 Å². The fraction of sp³-hybridized carbons (Fsp3) is 0.0909. The maximum atomic E-state index is 12.7. The number of rotatable bonds is 9. The highest BCUT2D eigenvalue weighted by molar-refractivity contribution is 7.87. The van der Waals surface area contributed by atoms with Gasteiger partial charge in [-0.15, -0.1) is 0 Å². The Bertz CT molecular complexity index is 1340. The zero-order valence-electron chi connectivity index (χ0n) is 18.0. The summed E-state index contributed by atoms with van der Waals surface area (Å²) in [6.07, 6.45) is 1.27. The number of para-hydroxylation sites is 1. The number of nitrogens with zero attached hydrogens (tertiary/aromatic N) is 2. The van der Waals surface area contributed by atoms with E-state index in [1.165, 1.54) is 44.7 Å². The molecule has 0 atom stereocenters. The molecule has 1 amide bonds. The monoisotopic (exact) mass is 485 g/mol. The number of carbonyl (C=O) groups is 1. The van der Waals surface area contributed by atoms with E-state index in [0.717, 1.165) is 12.1 Å². The van der Waals surface area contributed by atoms with E-state index in [9.17, 15) is 23.3 Å². The number of benzene rings is 3. The third kappa shape index (κ3) is 5.66. The molecule has 1 N–H and O–H groups in total. The van der Waals surface area contributed by atoms with Crippen LogP contribution in [-0.4, -0.2) is 39.7 Å². The minimum atomic E-state index is -4.56. The van der Waals surface area contributed by atoms with Crippen LogP contribution in [0.5, 0.6) is 17.2 Å². The first kappa shape index (κ1) is 24.2. The van der Waals surface area contributed by atoms with Crippen LogP contribution in [0.15, 0.2) is 76.7 Å². The van der Waals surface area contributed by atoms with Gasteiger partial charge in [-0.25, -0.2) is 5.43 Å². The lowest BCUT2D eigenvalue weighted by Gasteiger charge is -2.11.